The van der Waals surface area contributed by atoms with Crippen LogP contribution in [-0.2, 0) is 11.3 Å². The van der Waals surface area contributed by atoms with Gasteiger partial charge in [-0.25, -0.2) is 0 Å². The molecule has 1 aliphatic rings. The molecule has 0 spiro atoms. The van der Waals surface area contributed by atoms with Gasteiger partial charge in [-0.15, -0.1) is 12.4 Å². The van der Waals surface area contributed by atoms with Crippen molar-refractivity contribution in [2.45, 2.75) is 38.3 Å². The highest BCUT2D eigenvalue weighted by molar-refractivity contribution is 5.86. The summed E-state index contributed by atoms with van der Waals surface area (Å²) < 4.78 is 0. The van der Waals surface area contributed by atoms with Gasteiger partial charge in [0.05, 0.1) is 6.54 Å². The third-order valence-electron chi connectivity index (χ3n) is 4.48. The maximum Gasteiger partial charge on any atom is 0.236 e. The van der Waals surface area contributed by atoms with Crippen molar-refractivity contribution in [3.63, 3.8) is 0 Å². The number of hydrogen-bond donors (Lipinski definition) is 1. The first kappa shape index (κ1) is 16.8. The molecule has 3 rings (SSSR count). The second-order valence-electron chi connectivity index (χ2n) is 5.80. The number of rotatable bonds is 4. The summed E-state index contributed by atoms with van der Waals surface area (Å²) in [4.78, 5) is 14.2. The minimum atomic E-state index is 0. The number of nitrogens with two attached hydrogens (primary N) is 1. The molecule has 2 aromatic rings. The molecule has 0 atom stereocenters. The molecular weight excluding hydrogens is 296 g/mol. The molecule has 0 saturated heterocycles. The number of halogens is 1. The Bertz CT molecular complexity index is 633. The largest absolute Gasteiger partial charge is 0.334 e. The average molecular weight is 319 g/mol. The number of fused-ring (bicyclic) bond motifs is 1. The van der Waals surface area contributed by atoms with E-state index in [0.717, 1.165) is 12.8 Å². The maximum absolute atomic E-state index is 12.2. The molecule has 22 heavy (non-hydrogen) atoms. The van der Waals surface area contributed by atoms with Gasteiger partial charge in [0, 0.05) is 12.6 Å². The van der Waals surface area contributed by atoms with Crippen LogP contribution in [0.2, 0.25) is 0 Å². The molecule has 4 heteroatoms. The van der Waals surface area contributed by atoms with Crippen LogP contribution in [0.4, 0.5) is 0 Å². The van der Waals surface area contributed by atoms with Gasteiger partial charge in [0.1, 0.15) is 0 Å². The lowest BCUT2D eigenvalue weighted by Gasteiger charge is -2.29. The number of carbonyl (C=O) groups is 1. The Kier molecular flexibility index (Phi) is 5.81. The first-order valence-electron chi connectivity index (χ1n) is 7.76. The van der Waals surface area contributed by atoms with E-state index < -0.39 is 0 Å². The summed E-state index contributed by atoms with van der Waals surface area (Å²) in [6.45, 7) is 0.767. The van der Waals surface area contributed by atoms with Gasteiger partial charge in [-0.05, 0) is 29.2 Å². The third kappa shape index (κ3) is 3.42. The summed E-state index contributed by atoms with van der Waals surface area (Å²) >= 11 is 0. The van der Waals surface area contributed by atoms with E-state index in [-0.39, 0.29) is 24.9 Å². The normalized spacial score (nSPS) is 14.8. The SMILES string of the molecule is Cl.NCC(=O)N(Cc1cccc2ccccc12)C1CCCC1. The number of carbonyl (C=O) groups excluding carboxylic acids is 1. The molecule has 0 aromatic heterocycles. The zero-order valence-electron chi connectivity index (χ0n) is 12.7. The Hall–Kier alpha value is -1.58. The number of hydrogen-bond acceptors (Lipinski definition) is 2. The Balaban J connectivity index is 0.00000176. The Morgan fingerprint density at radius 1 is 1.09 bits per heavy atom. The molecule has 1 fully saturated rings. The van der Waals surface area contributed by atoms with Gasteiger partial charge in [0.25, 0.3) is 0 Å². The van der Waals surface area contributed by atoms with Crippen LogP contribution in [-0.4, -0.2) is 23.4 Å². The van der Waals surface area contributed by atoms with Gasteiger partial charge in [0.15, 0.2) is 0 Å². The van der Waals surface area contributed by atoms with E-state index in [0.29, 0.717) is 12.6 Å². The quantitative estimate of drug-likeness (QED) is 0.938. The van der Waals surface area contributed by atoms with E-state index in [4.69, 9.17) is 5.73 Å². The zero-order valence-corrected chi connectivity index (χ0v) is 13.5. The molecule has 118 valence electrons. The van der Waals surface area contributed by atoms with Crippen LogP contribution in [0, 0.1) is 0 Å². The fourth-order valence-corrected chi connectivity index (χ4v) is 3.37. The first-order valence-corrected chi connectivity index (χ1v) is 7.76. The molecule has 1 aliphatic carbocycles. The Labute approximate surface area is 137 Å². The Morgan fingerprint density at radius 2 is 1.77 bits per heavy atom. The Morgan fingerprint density at radius 3 is 2.50 bits per heavy atom. The average Bonchev–Trinajstić information content (AvgIpc) is 3.06. The van der Waals surface area contributed by atoms with Gasteiger partial charge in [-0.1, -0.05) is 55.3 Å². The summed E-state index contributed by atoms with van der Waals surface area (Å²) in [7, 11) is 0. The summed E-state index contributed by atoms with van der Waals surface area (Å²) in [6, 6.07) is 15.0. The fraction of sp³-hybridized carbons (Fsp3) is 0.389. The van der Waals surface area contributed by atoms with Crippen LogP contribution >= 0.6 is 12.4 Å². The van der Waals surface area contributed by atoms with Gasteiger partial charge < -0.3 is 10.6 Å². The standard InChI is InChI=1S/C18H22N2O.ClH/c19-12-18(21)20(16-9-2-3-10-16)13-15-8-5-7-14-6-1-4-11-17(14)15;/h1,4-8,11,16H,2-3,9-10,12-13,19H2;1H. The molecule has 0 bridgehead atoms. The minimum absolute atomic E-state index is 0. The minimum Gasteiger partial charge on any atom is -0.334 e. The van der Waals surface area contributed by atoms with Crippen LogP contribution in [0.1, 0.15) is 31.2 Å². The molecule has 0 radical (unpaired) electrons. The molecule has 0 unspecified atom stereocenters. The van der Waals surface area contributed by atoms with E-state index >= 15 is 0 Å². The second kappa shape index (κ2) is 7.61. The van der Waals surface area contributed by atoms with Crippen molar-refractivity contribution in [1.82, 2.24) is 4.90 Å². The predicted octanol–water partition coefficient (Wildman–Crippen LogP) is 3.49. The lowest BCUT2D eigenvalue weighted by Crippen LogP contribution is -2.41. The van der Waals surface area contributed by atoms with Gasteiger partial charge in [-0.3, -0.25) is 4.79 Å². The molecule has 0 heterocycles. The smallest absolute Gasteiger partial charge is 0.236 e. The maximum atomic E-state index is 12.2. The van der Waals surface area contributed by atoms with Crippen molar-refractivity contribution in [2.75, 3.05) is 6.54 Å². The van der Waals surface area contributed by atoms with Gasteiger partial charge >= 0.3 is 0 Å². The van der Waals surface area contributed by atoms with Crippen molar-refractivity contribution in [1.29, 1.82) is 0 Å². The molecule has 2 N–H and O–H groups in total. The highest BCUT2D eigenvalue weighted by Gasteiger charge is 2.26. The first-order chi connectivity index (χ1) is 10.3. The van der Waals surface area contributed by atoms with Crippen molar-refractivity contribution in [3.05, 3.63) is 48.0 Å². The van der Waals surface area contributed by atoms with Crippen LogP contribution in [0.5, 0.6) is 0 Å². The second-order valence-corrected chi connectivity index (χ2v) is 5.80. The van der Waals surface area contributed by atoms with E-state index in [1.165, 1.54) is 29.2 Å². The summed E-state index contributed by atoms with van der Waals surface area (Å²) in [5, 5.41) is 2.45. The van der Waals surface area contributed by atoms with E-state index in [9.17, 15) is 4.79 Å². The highest BCUT2D eigenvalue weighted by atomic mass is 35.5. The van der Waals surface area contributed by atoms with Crippen LogP contribution < -0.4 is 5.73 Å². The summed E-state index contributed by atoms with van der Waals surface area (Å²) in [6.07, 6.45) is 4.65. The van der Waals surface area contributed by atoms with E-state index in [1.807, 2.05) is 11.0 Å². The number of benzene rings is 2. The molecule has 3 nitrogen and oxygen atoms in total. The molecule has 0 aliphatic heterocycles. The van der Waals surface area contributed by atoms with Crippen LogP contribution in [0.25, 0.3) is 10.8 Å². The lowest BCUT2D eigenvalue weighted by molar-refractivity contribution is -0.132. The van der Waals surface area contributed by atoms with E-state index in [2.05, 4.69) is 36.4 Å². The highest BCUT2D eigenvalue weighted by Crippen LogP contribution is 2.27. The van der Waals surface area contributed by atoms with Crippen molar-refractivity contribution in [3.8, 4) is 0 Å². The van der Waals surface area contributed by atoms with Crippen molar-refractivity contribution in [2.24, 2.45) is 5.73 Å². The van der Waals surface area contributed by atoms with Gasteiger partial charge in [0.2, 0.25) is 5.91 Å². The summed E-state index contributed by atoms with van der Waals surface area (Å²) in [5.74, 6) is 0.0647. The monoisotopic (exact) mass is 318 g/mol. The summed E-state index contributed by atoms with van der Waals surface area (Å²) in [5.41, 5.74) is 6.83. The van der Waals surface area contributed by atoms with Crippen LogP contribution in [0.3, 0.4) is 0 Å². The van der Waals surface area contributed by atoms with Gasteiger partial charge in [-0.2, -0.15) is 0 Å². The number of amides is 1. The van der Waals surface area contributed by atoms with Crippen LogP contribution in [0.15, 0.2) is 42.5 Å². The van der Waals surface area contributed by atoms with Crippen molar-refractivity contribution >= 4 is 29.1 Å². The predicted molar refractivity (Wildman–Crippen MR) is 93.1 cm³/mol. The number of nitrogens with zero attached hydrogens (tertiary/aromatic N) is 1. The molecule has 1 saturated carbocycles. The third-order valence-corrected chi connectivity index (χ3v) is 4.48. The molecular formula is C18H23ClN2O. The molecule has 2 aromatic carbocycles. The van der Waals surface area contributed by atoms with Crippen molar-refractivity contribution < 1.29 is 4.79 Å². The zero-order chi connectivity index (χ0) is 14.7. The fourth-order valence-electron chi connectivity index (χ4n) is 3.37. The van der Waals surface area contributed by atoms with E-state index in [1.54, 1.807) is 0 Å². The lowest BCUT2D eigenvalue weighted by atomic mass is 10.0. The topological polar surface area (TPSA) is 46.3 Å². The molecule has 1 amide bonds.